The van der Waals surface area contributed by atoms with Crippen LogP contribution in [0.2, 0.25) is 5.02 Å². The van der Waals surface area contributed by atoms with Crippen molar-refractivity contribution in [2.45, 2.75) is 12.0 Å². The number of nitrogens with zero attached hydrogens (tertiary/aromatic N) is 3. The Labute approximate surface area is 248 Å². The number of allylic oxidation sites excluding steroid dienone is 2. The van der Waals surface area contributed by atoms with Crippen molar-refractivity contribution in [2.75, 3.05) is 0 Å². The highest BCUT2D eigenvalue weighted by Crippen LogP contribution is 2.50. The fraction of sp³-hybridized carbons (Fsp3) is 0.0541. The third-order valence-electron chi connectivity index (χ3n) is 7.96. The molecule has 0 spiro atoms. The van der Waals surface area contributed by atoms with Crippen LogP contribution in [0.25, 0.3) is 50.2 Å². The number of aromatic nitrogens is 3. The molecule has 200 valence electrons. The molecule has 0 N–H and O–H groups in total. The fourth-order valence-corrected chi connectivity index (χ4v) is 6.13. The van der Waals surface area contributed by atoms with Gasteiger partial charge in [0, 0.05) is 22.3 Å². The van der Waals surface area contributed by atoms with Crippen molar-refractivity contribution in [3.63, 3.8) is 0 Å². The average Bonchev–Trinajstić information content (AvgIpc) is 3.45. The monoisotopic (exact) mass is 561 g/mol. The first-order chi connectivity index (χ1) is 20.7. The van der Waals surface area contributed by atoms with Crippen molar-refractivity contribution in [3.05, 3.63) is 150 Å². The van der Waals surface area contributed by atoms with Gasteiger partial charge in [-0.05, 0) is 46.2 Å². The molecule has 0 saturated heterocycles. The number of hydrogen-bond donors (Lipinski definition) is 0. The van der Waals surface area contributed by atoms with E-state index in [1.54, 1.807) is 0 Å². The molecule has 2 unspecified atom stereocenters. The molecular formula is C37H24ClN3O. The van der Waals surface area contributed by atoms with Crippen LogP contribution in [0.15, 0.2) is 133 Å². The molecule has 2 aliphatic rings. The highest BCUT2D eigenvalue weighted by atomic mass is 35.5. The summed E-state index contributed by atoms with van der Waals surface area (Å²) in [5.41, 5.74) is 6.29. The summed E-state index contributed by atoms with van der Waals surface area (Å²) < 4.78 is 6.28. The van der Waals surface area contributed by atoms with E-state index in [4.69, 9.17) is 31.3 Å². The predicted octanol–water partition coefficient (Wildman–Crippen LogP) is 9.18. The molecule has 2 atom stereocenters. The van der Waals surface area contributed by atoms with Crippen LogP contribution in [-0.2, 0) is 0 Å². The van der Waals surface area contributed by atoms with Crippen molar-refractivity contribution in [1.29, 1.82) is 0 Å². The van der Waals surface area contributed by atoms with Gasteiger partial charge in [0.1, 0.15) is 11.9 Å². The van der Waals surface area contributed by atoms with Crippen LogP contribution in [0.1, 0.15) is 17.3 Å². The Morgan fingerprint density at radius 2 is 1.21 bits per heavy atom. The summed E-state index contributed by atoms with van der Waals surface area (Å²) in [4.78, 5) is 15.0. The van der Waals surface area contributed by atoms with Crippen molar-refractivity contribution >= 4 is 27.9 Å². The molecule has 0 amide bonds. The van der Waals surface area contributed by atoms with Gasteiger partial charge in [-0.25, -0.2) is 15.0 Å². The summed E-state index contributed by atoms with van der Waals surface area (Å²) in [7, 11) is 0. The Bertz CT molecular complexity index is 2040. The van der Waals surface area contributed by atoms with Gasteiger partial charge in [0.2, 0.25) is 0 Å². The van der Waals surface area contributed by atoms with Crippen molar-refractivity contribution in [2.24, 2.45) is 0 Å². The van der Waals surface area contributed by atoms with E-state index in [0.29, 0.717) is 22.5 Å². The van der Waals surface area contributed by atoms with Crippen LogP contribution in [0, 0.1) is 0 Å². The average molecular weight is 562 g/mol. The van der Waals surface area contributed by atoms with Gasteiger partial charge in [-0.2, -0.15) is 0 Å². The number of ether oxygens (including phenoxy) is 1. The topological polar surface area (TPSA) is 47.9 Å². The fourth-order valence-electron chi connectivity index (χ4n) is 5.90. The summed E-state index contributed by atoms with van der Waals surface area (Å²) in [5, 5.41) is 2.91. The van der Waals surface area contributed by atoms with Crippen LogP contribution < -0.4 is 4.74 Å². The van der Waals surface area contributed by atoms with Gasteiger partial charge in [0.15, 0.2) is 17.5 Å². The lowest BCUT2D eigenvalue weighted by molar-refractivity contribution is 0.271. The Kier molecular flexibility index (Phi) is 5.94. The number of rotatable bonds is 4. The lowest BCUT2D eigenvalue weighted by Gasteiger charge is -2.22. The maximum Gasteiger partial charge on any atom is 0.164 e. The minimum absolute atomic E-state index is 0.0596. The third kappa shape index (κ3) is 4.28. The van der Waals surface area contributed by atoms with Crippen molar-refractivity contribution in [3.8, 4) is 39.7 Å². The molecule has 1 aliphatic carbocycles. The molecule has 0 bridgehead atoms. The summed E-state index contributed by atoms with van der Waals surface area (Å²) in [6.45, 7) is 0. The molecule has 1 aromatic heterocycles. The zero-order valence-electron chi connectivity index (χ0n) is 22.5. The first-order valence-electron chi connectivity index (χ1n) is 14.0. The normalized spacial score (nSPS) is 16.9. The Morgan fingerprint density at radius 1 is 0.571 bits per heavy atom. The third-order valence-corrected chi connectivity index (χ3v) is 8.26. The van der Waals surface area contributed by atoms with Crippen molar-refractivity contribution in [1.82, 2.24) is 15.0 Å². The Hall–Kier alpha value is -5.06. The molecule has 0 saturated carbocycles. The van der Waals surface area contributed by atoms with Gasteiger partial charge in [-0.3, -0.25) is 0 Å². The van der Waals surface area contributed by atoms with E-state index in [1.807, 2.05) is 54.6 Å². The predicted molar refractivity (Wildman–Crippen MR) is 169 cm³/mol. The number of halogens is 1. The summed E-state index contributed by atoms with van der Waals surface area (Å²) in [5.74, 6) is 2.57. The van der Waals surface area contributed by atoms with Gasteiger partial charge in [0.25, 0.3) is 0 Å². The SMILES string of the molecule is Clc1cccc2c1OC1C=CC=C(c3nc(-c4ccccc4)nc(-c4ccc5cc(-c6ccccc6)ccc5c4)n3)C21. The second-order valence-electron chi connectivity index (χ2n) is 10.5. The molecule has 6 aromatic rings. The van der Waals surface area contributed by atoms with E-state index < -0.39 is 0 Å². The summed E-state index contributed by atoms with van der Waals surface area (Å²) >= 11 is 6.52. The number of benzene rings is 5. The van der Waals surface area contributed by atoms with Crippen LogP contribution in [0.5, 0.6) is 5.75 Å². The Morgan fingerprint density at radius 3 is 1.98 bits per heavy atom. The van der Waals surface area contributed by atoms with E-state index in [1.165, 1.54) is 11.1 Å². The molecule has 5 heteroatoms. The van der Waals surface area contributed by atoms with Gasteiger partial charge >= 0.3 is 0 Å². The van der Waals surface area contributed by atoms with E-state index in [-0.39, 0.29) is 12.0 Å². The maximum atomic E-state index is 6.52. The van der Waals surface area contributed by atoms with Crippen LogP contribution in [0.3, 0.4) is 0 Å². The molecule has 5 aromatic carbocycles. The lowest BCUT2D eigenvalue weighted by atomic mass is 9.84. The van der Waals surface area contributed by atoms with Gasteiger partial charge in [-0.1, -0.05) is 121 Å². The zero-order chi connectivity index (χ0) is 28.0. The second-order valence-corrected chi connectivity index (χ2v) is 10.9. The van der Waals surface area contributed by atoms with E-state index in [2.05, 4.69) is 78.9 Å². The second kappa shape index (κ2) is 10.1. The minimum Gasteiger partial charge on any atom is -0.483 e. The summed E-state index contributed by atoms with van der Waals surface area (Å²) in [6, 6.07) is 39.3. The highest BCUT2D eigenvalue weighted by Gasteiger charge is 2.39. The maximum absolute atomic E-state index is 6.52. The zero-order valence-corrected chi connectivity index (χ0v) is 23.2. The number of fused-ring (bicyclic) bond motifs is 4. The van der Waals surface area contributed by atoms with Gasteiger partial charge in [0.05, 0.1) is 10.9 Å². The lowest BCUT2D eigenvalue weighted by Crippen LogP contribution is -2.20. The molecule has 0 fully saturated rings. The van der Waals surface area contributed by atoms with Crippen LogP contribution in [-0.4, -0.2) is 21.1 Å². The highest BCUT2D eigenvalue weighted by molar-refractivity contribution is 6.32. The van der Waals surface area contributed by atoms with Crippen LogP contribution in [0.4, 0.5) is 0 Å². The number of hydrogen-bond acceptors (Lipinski definition) is 4. The quantitative estimate of drug-likeness (QED) is 0.215. The molecule has 2 heterocycles. The molecule has 0 radical (unpaired) electrons. The van der Waals surface area contributed by atoms with Crippen LogP contribution >= 0.6 is 11.6 Å². The minimum atomic E-state index is -0.167. The van der Waals surface area contributed by atoms with Gasteiger partial charge < -0.3 is 4.74 Å². The molecule has 1 aliphatic heterocycles. The molecular weight excluding hydrogens is 538 g/mol. The summed E-state index contributed by atoms with van der Waals surface area (Å²) in [6.07, 6.45) is 6.00. The first-order valence-corrected chi connectivity index (χ1v) is 14.3. The first kappa shape index (κ1) is 24.7. The molecule has 4 nitrogen and oxygen atoms in total. The van der Waals surface area contributed by atoms with E-state index in [9.17, 15) is 0 Å². The molecule has 8 rings (SSSR count). The molecule has 42 heavy (non-hydrogen) atoms. The van der Waals surface area contributed by atoms with E-state index >= 15 is 0 Å². The Balaban J connectivity index is 1.26. The van der Waals surface area contributed by atoms with E-state index in [0.717, 1.165) is 38.8 Å². The van der Waals surface area contributed by atoms with Gasteiger partial charge in [-0.15, -0.1) is 0 Å². The standard InChI is InChI=1S/C37H24ClN3O/c38-31-15-7-13-29-33-30(14-8-16-32(33)42-34(29)31)37-40-35(24-11-5-2-6-12-24)39-36(41-37)28-20-19-26-21-25(17-18-27(26)22-28)23-9-3-1-4-10-23/h1-22,32-33H. The number of para-hydroxylation sites is 1. The van der Waals surface area contributed by atoms with Crippen molar-refractivity contribution < 1.29 is 4.74 Å². The largest absolute Gasteiger partial charge is 0.483 e. The smallest absolute Gasteiger partial charge is 0.164 e.